The first-order chi connectivity index (χ1) is 19.1. The van der Waals surface area contributed by atoms with Crippen LogP contribution < -0.4 is 0 Å². The first-order valence-corrected chi connectivity index (χ1v) is 13.6. The first kappa shape index (κ1) is 24.9. The molecule has 2 heterocycles. The van der Waals surface area contributed by atoms with Gasteiger partial charge < -0.3 is 9.80 Å². The Morgan fingerprint density at radius 2 is 0.846 bits per heavy atom. The molecule has 6 rings (SSSR count). The SMILES string of the molecule is CN1C(N=C2N(C)[C@@H](c3ccccc3)[C@H](c3ccccc3)N2C)=[N+](C)C(c2ccccc2)[C@@H]1c1ccccc1. The normalized spacial score (nSPS) is 23.1. The molecule has 4 aromatic carbocycles. The smallest absolute Gasteiger partial charge is 0.322 e. The third-order valence-corrected chi connectivity index (χ3v) is 8.29. The highest BCUT2D eigenvalue weighted by molar-refractivity contribution is 5.95. The van der Waals surface area contributed by atoms with Gasteiger partial charge in [0.1, 0.15) is 12.1 Å². The topological polar surface area (TPSA) is 25.1 Å². The van der Waals surface area contributed by atoms with Gasteiger partial charge in [-0.2, -0.15) is 0 Å². The van der Waals surface area contributed by atoms with E-state index in [1.807, 2.05) is 0 Å². The zero-order valence-corrected chi connectivity index (χ0v) is 23.1. The van der Waals surface area contributed by atoms with Gasteiger partial charge in [0.2, 0.25) is 0 Å². The molecular formula is C34H36N5+. The zero-order chi connectivity index (χ0) is 26.9. The van der Waals surface area contributed by atoms with Crippen molar-refractivity contribution < 1.29 is 4.58 Å². The van der Waals surface area contributed by atoms with Gasteiger partial charge in [-0.25, -0.2) is 0 Å². The summed E-state index contributed by atoms with van der Waals surface area (Å²) in [6.45, 7) is 0. The monoisotopic (exact) mass is 514 g/mol. The van der Waals surface area contributed by atoms with Crippen LogP contribution in [0.25, 0.3) is 0 Å². The summed E-state index contributed by atoms with van der Waals surface area (Å²) in [6.07, 6.45) is 0. The summed E-state index contributed by atoms with van der Waals surface area (Å²) in [5, 5.41) is 0. The Morgan fingerprint density at radius 1 is 0.487 bits per heavy atom. The number of benzene rings is 4. The second-order valence-corrected chi connectivity index (χ2v) is 10.6. The van der Waals surface area contributed by atoms with Crippen LogP contribution in [0.1, 0.15) is 46.4 Å². The number of hydrogen-bond donors (Lipinski definition) is 0. The van der Waals surface area contributed by atoms with Crippen molar-refractivity contribution in [2.45, 2.75) is 24.2 Å². The standard InChI is InChI=1S/C34H36N5/c1-36-29(25-17-9-5-10-18-25)30(26-19-11-6-12-20-26)37(2)33(36)35-34-38(3)31(27-21-13-7-14-22-27)32(39(34)4)28-23-15-8-16-24-28/h5-24,29-32H,1-4H3/q+1/t29-,30-,31-,32?/m0/s1. The second kappa shape index (κ2) is 10.4. The van der Waals surface area contributed by atoms with Gasteiger partial charge in [0, 0.05) is 14.1 Å². The van der Waals surface area contributed by atoms with Crippen LogP contribution in [0, 0.1) is 0 Å². The number of guanidine groups is 2. The molecule has 4 aromatic rings. The largest absolute Gasteiger partial charge is 0.393 e. The number of hydrogen-bond acceptors (Lipinski definition) is 2. The van der Waals surface area contributed by atoms with Gasteiger partial charge in [0.25, 0.3) is 5.96 Å². The van der Waals surface area contributed by atoms with E-state index in [1.54, 1.807) is 0 Å². The quantitative estimate of drug-likeness (QED) is 0.307. The van der Waals surface area contributed by atoms with E-state index >= 15 is 0 Å². The number of rotatable bonds is 4. The van der Waals surface area contributed by atoms with Crippen molar-refractivity contribution in [3.05, 3.63) is 144 Å². The molecule has 5 nitrogen and oxygen atoms in total. The Morgan fingerprint density at radius 3 is 1.26 bits per heavy atom. The van der Waals surface area contributed by atoms with Crippen molar-refractivity contribution in [3.8, 4) is 0 Å². The molecule has 5 heteroatoms. The Balaban J connectivity index is 1.47. The molecular weight excluding hydrogens is 478 g/mol. The van der Waals surface area contributed by atoms with Gasteiger partial charge in [-0.15, -0.1) is 0 Å². The summed E-state index contributed by atoms with van der Waals surface area (Å²) in [7, 11) is 8.70. The van der Waals surface area contributed by atoms with Crippen molar-refractivity contribution in [2.75, 3.05) is 28.2 Å². The molecule has 1 unspecified atom stereocenters. The molecule has 0 N–H and O–H groups in total. The summed E-state index contributed by atoms with van der Waals surface area (Å²) < 4.78 is 2.34. The number of likely N-dealkylation sites (N-methyl/N-ethyl adjacent to an activating group) is 4. The predicted octanol–water partition coefficient (Wildman–Crippen LogP) is 6.13. The van der Waals surface area contributed by atoms with Gasteiger partial charge in [-0.05, 0) is 27.2 Å². The van der Waals surface area contributed by atoms with Crippen LogP contribution in [0.4, 0.5) is 0 Å². The fourth-order valence-corrected chi connectivity index (χ4v) is 6.47. The maximum Gasteiger partial charge on any atom is 0.393 e. The Labute approximate surface area is 232 Å². The molecule has 39 heavy (non-hydrogen) atoms. The molecule has 0 saturated carbocycles. The van der Waals surface area contributed by atoms with E-state index in [2.05, 4.69) is 169 Å². The first-order valence-electron chi connectivity index (χ1n) is 13.6. The van der Waals surface area contributed by atoms with Crippen LogP contribution in [-0.4, -0.2) is 59.4 Å². The Bertz CT molecular complexity index is 1410. The zero-order valence-electron chi connectivity index (χ0n) is 23.1. The average Bonchev–Trinajstić information content (AvgIpc) is 3.39. The van der Waals surface area contributed by atoms with E-state index in [0.29, 0.717) is 0 Å². The van der Waals surface area contributed by atoms with Crippen LogP contribution in [0.5, 0.6) is 0 Å². The lowest BCUT2D eigenvalue weighted by Crippen LogP contribution is -2.34. The minimum atomic E-state index is 0.143. The fourth-order valence-electron chi connectivity index (χ4n) is 6.47. The third-order valence-electron chi connectivity index (χ3n) is 8.29. The van der Waals surface area contributed by atoms with Crippen molar-refractivity contribution in [2.24, 2.45) is 4.99 Å². The number of aliphatic imine (C=N–C) groups is 1. The fraction of sp³-hybridized carbons (Fsp3) is 0.235. The van der Waals surface area contributed by atoms with Gasteiger partial charge >= 0.3 is 5.96 Å². The molecule has 0 radical (unpaired) electrons. The van der Waals surface area contributed by atoms with Crippen molar-refractivity contribution in [1.82, 2.24) is 14.7 Å². The highest BCUT2D eigenvalue weighted by Crippen LogP contribution is 2.44. The highest BCUT2D eigenvalue weighted by atomic mass is 15.5. The van der Waals surface area contributed by atoms with Crippen molar-refractivity contribution >= 4 is 11.9 Å². The highest BCUT2D eigenvalue weighted by Gasteiger charge is 2.49. The minimum Gasteiger partial charge on any atom is -0.322 e. The van der Waals surface area contributed by atoms with E-state index in [9.17, 15) is 0 Å². The van der Waals surface area contributed by atoms with E-state index in [4.69, 9.17) is 4.99 Å². The molecule has 0 aromatic heterocycles. The van der Waals surface area contributed by atoms with E-state index in [-0.39, 0.29) is 24.2 Å². The van der Waals surface area contributed by atoms with Gasteiger partial charge in [-0.3, -0.25) is 9.48 Å². The van der Waals surface area contributed by atoms with Crippen molar-refractivity contribution in [3.63, 3.8) is 0 Å². The van der Waals surface area contributed by atoms with E-state index in [1.165, 1.54) is 22.3 Å². The summed E-state index contributed by atoms with van der Waals surface area (Å²) in [5.74, 6) is 1.93. The predicted molar refractivity (Wildman–Crippen MR) is 159 cm³/mol. The second-order valence-electron chi connectivity index (χ2n) is 10.6. The molecule has 0 amide bonds. The lowest BCUT2D eigenvalue weighted by molar-refractivity contribution is -0.539. The molecule has 2 aliphatic rings. The van der Waals surface area contributed by atoms with Crippen LogP contribution in [-0.2, 0) is 0 Å². The van der Waals surface area contributed by atoms with Gasteiger partial charge in [0.05, 0.1) is 26.2 Å². The Kier molecular flexibility index (Phi) is 6.65. The van der Waals surface area contributed by atoms with Gasteiger partial charge in [0.15, 0.2) is 0 Å². The maximum absolute atomic E-state index is 5.44. The van der Waals surface area contributed by atoms with Crippen LogP contribution >= 0.6 is 0 Å². The minimum absolute atomic E-state index is 0.143. The summed E-state index contributed by atoms with van der Waals surface area (Å²) in [6, 6.07) is 43.8. The molecule has 0 spiro atoms. The number of nitrogens with zero attached hydrogens (tertiary/aromatic N) is 5. The van der Waals surface area contributed by atoms with Crippen LogP contribution in [0.2, 0.25) is 0 Å². The lowest BCUT2D eigenvalue weighted by atomic mass is 9.93. The molecule has 1 saturated heterocycles. The third kappa shape index (κ3) is 4.38. The van der Waals surface area contributed by atoms with Gasteiger partial charge in [-0.1, -0.05) is 121 Å². The average molecular weight is 515 g/mol. The molecule has 2 aliphatic heterocycles. The van der Waals surface area contributed by atoms with Crippen LogP contribution in [0.3, 0.4) is 0 Å². The maximum atomic E-state index is 5.44. The Hall–Kier alpha value is -4.38. The lowest BCUT2D eigenvalue weighted by Gasteiger charge is -2.26. The molecule has 4 atom stereocenters. The van der Waals surface area contributed by atoms with E-state index < -0.39 is 0 Å². The summed E-state index contributed by atoms with van der Waals surface area (Å²) in [4.78, 5) is 12.5. The summed E-state index contributed by atoms with van der Waals surface area (Å²) in [5.41, 5.74) is 5.14. The van der Waals surface area contributed by atoms with Crippen molar-refractivity contribution in [1.29, 1.82) is 0 Å². The van der Waals surface area contributed by atoms with Crippen LogP contribution in [0.15, 0.2) is 126 Å². The molecule has 0 bridgehead atoms. The molecule has 1 fully saturated rings. The molecule has 196 valence electrons. The molecule has 0 aliphatic carbocycles. The van der Waals surface area contributed by atoms with E-state index in [0.717, 1.165) is 11.9 Å². The summed E-state index contributed by atoms with van der Waals surface area (Å²) >= 11 is 0.